The van der Waals surface area contributed by atoms with Crippen molar-refractivity contribution in [2.24, 2.45) is 0 Å². The minimum Gasteiger partial charge on any atom is -0.393 e. The molecule has 1 nitrogen and oxygen atoms in total. The first-order valence-corrected chi connectivity index (χ1v) is 3.91. The Kier molecular flexibility index (Phi) is 2.27. The summed E-state index contributed by atoms with van der Waals surface area (Å²) in [6, 6.07) is 0. The molecule has 46 valence electrons. The van der Waals surface area contributed by atoms with Gasteiger partial charge in [-0.1, -0.05) is 0 Å². The van der Waals surface area contributed by atoms with Crippen molar-refractivity contribution >= 4 is 11.8 Å². The second kappa shape index (κ2) is 3.02. The van der Waals surface area contributed by atoms with Gasteiger partial charge in [-0.05, 0) is 18.6 Å². The van der Waals surface area contributed by atoms with Crippen molar-refractivity contribution in [3.63, 3.8) is 0 Å². The maximum atomic E-state index is 3.03. The largest absolute Gasteiger partial charge is 0.393 e. The highest BCUT2D eigenvalue weighted by Crippen LogP contribution is 2.28. The van der Waals surface area contributed by atoms with Gasteiger partial charge >= 0.3 is 0 Å². The van der Waals surface area contributed by atoms with Crippen LogP contribution in [0.1, 0.15) is 12.8 Å². The van der Waals surface area contributed by atoms with E-state index in [0.29, 0.717) is 0 Å². The summed E-state index contributed by atoms with van der Waals surface area (Å²) in [4.78, 5) is 1.51. The number of thioether (sulfide) groups is 1. The van der Waals surface area contributed by atoms with Crippen molar-refractivity contribution in [2.45, 2.75) is 12.8 Å². The molecule has 0 saturated carbocycles. The molecule has 0 radical (unpaired) electrons. The minimum absolute atomic E-state index is 1.28. The van der Waals surface area contributed by atoms with Crippen LogP contribution in [-0.2, 0) is 0 Å². The van der Waals surface area contributed by atoms with Gasteiger partial charge in [-0.15, -0.1) is 11.8 Å². The number of nitrogens with one attached hydrogen (secondary N) is 1. The highest BCUT2D eigenvalue weighted by atomic mass is 32.2. The van der Waals surface area contributed by atoms with Crippen LogP contribution < -0.4 is 5.32 Å². The minimum atomic E-state index is 1.28. The summed E-state index contributed by atoms with van der Waals surface area (Å²) in [7, 11) is 1.95. The van der Waals surface area contributed by atoms with Crippen LogP contribution in [0.4, 0.5) is 0 Å². The van der Waals surface area contributed by atoms with Gasteiger partial charge in [0, 0.05) is 18.2 Å². The maximum Gasteiger partial charge on any atom is 0.00582 e. The summed E-state index contributed by atoms with van der Waals surface area (Å²) in [5.41, 5.74) is 0. The smallest absolute Gasteiger partial charge is 0.00582 e. The van der Waals surface area contributed by atoms with Crippen molar-refractivity contribution in [2.75, 3.05) is 12.8 Å². The SMILES string of the molecule is CNC=C1CCCS1. The quantitative estimate of drug-likeness (QED) is 0.577. The van der Waals surface area contributed by atoms with Crippen LogP contribution in [0.5, 0.6) is 0 Å². The van der Waals surface area contributed by atoms with E-state index in [2.05, 4.69) is 11.5 Å². The normalized spacial score (nSPS) is 24.4. The third-order valence-corrected chi connectivity index (χ3v) is 2.35. The lowest BCUT2D eigenvalue weighted by molar-refractivity contribution is 0.974. The first kappa shape index (κ1) is 6.02. The number of rotatable bonds is 1. The predicted octanol–water partition coefficient (Wildman–Crippen LogP) is 1.57. The summed E-state index contributed by atoms with van der Waals surface area (Å²) in [5.74, 6) is 1.31. The Morgan fingerprint density at radius 1 is 1.75 bits per heavy atom. The van der Waals surface area contributed by atoms with Crippen molar-refractivity contribution in [3.8, 4) is 0 Å². The topological polar surface area (TPSA) is 12.0 Å². The van der Waals surface area contributed by atoms with Crippen LogP contribution in [0.3, 0.4) is 0 Å². The first-order valence-electron chi connectivity index (χ1n) is 2.92. The molecule has 1 N–H and O–H groups in total. The Hall–Kier alpha value is -0.110. The molecular formula is C6H11NS. The zero-order valence-corrected chi connectivity index (χ0v) is 5.92. The van der Waals surface area contributed by atoms with E-state index in [0.717, 1.165) is 0 Å². The average Bonchev–Trinajstić information content (AvgIpc) is 2.19. The second-order valence-electron chi connectivity index (χ2n) is 1.85. The Balaban J connectivity index is 2.33. The molecule has 0 aromatic heterocycles. The van der Waals surface area contributed by atoms with Gasteiger partial charge in [0.25, 0.3) is 0 Å². The standard InChI is InChI=1S/C6H11NS/c1-7-5-6-3-2-4-8-6/h5,7H,2-4H2,1H3. The van der Waals surface area contributed by atoms with Gasteiger partial charge in [-0.25, -0.2) is 0 Å². The molecule has 1 fully saturated rings. The number of hydrogen-bond donors (Lipinski definition) is 1. The van der Waals surface area contributed by atoms with E-state index in [9.17, 15) is 0 Å². The summed E-state index contributed by atoms with van der Waals surface area (Å²) in [6.45, 7) is 0. The first-order chi connectivity index (χ1) is 3.93. The van der Waals surface area contributed by atoms with Crippen LogP contribution in [0, 0.1) is 0 Å². The average molecular weight is 129 g/mol. The molecule has 0 bridgehead atoms. The Bertz CT molecular complexity index is 90.7. The fraction of sp³-hybridized carbons (Fsp3) is 0.667. The lowest BCUT2D eigenvalue weighted by Crippen LogP contribution is -1.92. The van der Waals surface area contributed by atoms with Crippen molar-refractivity contribution < 1.29 is 0 Å². The van der Waals surface area contributed by atoms with Crippen LogP contribution in [0.25, 0.3) is 0 Å². The van der Waals surface area contributed by atoms with E-state index < -0.39 is 0 Å². The monoisotopic (exact) mass is 129 g/mol. The molecule has 8 heavy (non-hydrogen) atoms. The van der Waals surface area contributed by atoms with E-state index in [-0.39, 0.29) is 0 Å². The molecule has 0 unspecified atom stereocenters. The summed E-state index contributed by atoms with van der Waals surface area (Å²) >= 11 is 1.97. The predicted molar refractivity (Wildman–Crippen MR) is 38.8 cm³/mol. The summed E-state index contributed by atoms with van der Waals surface area (Å²) < 4.78 is 0. The van der Waals surface area contributed by atoms with Gasteiger partial charge in [-0.3, -0.25) is 0 Å². The fourth-order valence-corrected chi connectivity index (χ4v) is 1.84. The van der Waals surface area contributed by atoms with Crippen LogP contribution >= 0.6 is 11.8 Å². The van der Waals surface area contributed by atoms with Gasteiger partial charge in [-0.2, -0.15) is 0 Å². The maximum absolute atomic E-state index is 3.03. The zero-order valence-electron chi connectivity index (χ0n) is 5.11. The summed E-state index contributed by atoms with van der Waals surface area (Å²) in [6.07, 6.45) is 4.74. The number of hydrogen-bond acceptors (Lipinski definition) is 2. The van der Waals surface area contributed by atoms with Crippen LogP contribution in [0.15, 0.2) is 11.1 Å². The lowest BCUT2D eigenvalue weighted by Gasteiger charge is -1.90. The molecule has 0 atom stereocenters. The van der Waals surface area contributed by atoms with Gasteiger partial charge in [0.15, 0.2) is 0 Å². The third kappa shape index (κ3) is 1.44. The molecule has 0 aromatic rings. The van der Waals surface area contributed by atoms with Gasteiger partial charge in [0.1, 0.15) is 0 Å². The Morgan fingerprint density at radius 3 is 3.12 bits per heavy atom. The van der Waals surface area contributed by atoms with E-state index >= 15 is 0 Å². The molecule has 1 aliphatic rings. The van der Waals surface area contributed by atoms with Gasteiger partial charge < -0.3 is 5.32 Å². The molecular weight excluding hydrogens is 118 g/mol. The molecule has 0 aromatic carbocycles. The number of allylic oxidation sites excluding steroid dienone is 1. The van der Waals surface area contributed by atoms with Crippen LogP contribution in [-0.4, -0.2) is 12.8 Å². The van der Waals surface area contributed by atoms with E-state index in [1.165, 1.54) is 23.5 Å². The second-order valence-corrected chi connectivity index (χ2v) is 3.07. The highest BCUT2D eigenvalue weighted by Gasteiger charge is 2.04. The van der Waals surface area contributed by atoms with Gasteiger partial charge in [0.05, 0.1) is 0 Å². The van der Waals surface area contributed by atoms with Crippen molar-refractivity contribution in [3.05, 3.63) is 11.1 Å². The molecule has 0 amide bonds. The molecule has 0 spiro atoms. The van der Waals surface area contributed by atoms with E-state index in [4.69, 9.17) is 0 Å². The van der Waals surface area contributed by atoms with Crippen LogP contribution in [0.2, 0.25) is 0 Å². The third-order valence-electron chi connectivity index (χ3n) is 1.16. The van der Waals surface area contributed by atoms with E-state index in [1.807, 2.05) is 18.8 Å². The molecule has 1 aliphatic heterocycles. The molecule has 2 heteroatoms. The molecule has 1 rings (SSSR count). The fourth-order valence-electron chi connectivity index (χ4n) is 0.797. The van der Waals surface area contributed by atoms with Gasteiger partial charge in [0.2, 0.25) is 0 Å². The lowest BCUT2D eigenvalue weighted by atomic mass is 10.3. The van der Waals surface area contributed by atoms with Crippen molar-refractivity contribution in [1.82, 2.24) is 5.32 Å². The molecule has 1 heterocycles. The Labute approximate surface area is 54.5 Å². The highest BCUT2D eigenvalue weighted by molar-refractivity contribution is 8.03. The Morgan fingerprint density at radius 2 is 2.62 bits per heavy atom. The van der Waals surface area contributed by atoms with E-state index in [1.54, 1.807) is 0 Å². The molecule has 0 aliphatic carbocycles. The zero-order chi connectivity index (χ0) is 5.82. The van der Waals surface area contributed by atoms with Crippen molar-refractivity contribution in [1.29, 1.82) is 0 Å². The summed E-state index contributed by atoms with van der Waals surface area (Å²) in [5, 5.41) is 3.03. The molecule has 1 saturated heterocycles.